The van der Waals surface area contributed by atoms with Gasteiger partial charge in [-0.15, -0.1) is 0 Å². The van der Waals surface area contributed by atoms with Crippen LogP contribution in [0, 0.1) is 11.7 Å². The Morgan fingerprint density at radius 2 is 2.11 bits per heavy atom. The van der Waals surface area contributed by atoms with Gasteiger partial charge in [-0.25, -0.2) is 4.39 Å². The smallest absolute Gasteiger partial charge is 0.227 e. The van der Waals surface area contributed by atoms with E-state index in [0.717, 1.165) is 31.5 Å². The van der Waals surface area contributed by atoms with Gasteiger partial charge < -0.3 is 10.2 Å². The van der Waals surface area contributed by atoms with Gasteiger partial charge in [0.05, 0.1) is 5.92 Å². The molecule has 1 aromatic carbocycles. The minimum absolute atomic E-state index is 0.152. The van der Waals surface area contributed by atoms with Crippen molar-refractivity contribution in [3.8, 4) is 0 Å². The maximum atomic E-state index is 12.8. The lowest BCUT2D eigenvalue weighted by Crippen LogP contribution is -2.41. The average Bonchev–Trinajstić information content (AvgIpc) is 2.70. The summed E-state index contributed by atoms with van der Waals surface area (Å²) in [6, 6.07) is 6.70. The number of carbonyl (C=O) groups is 1. The van der Waals surface area contributed by atoms with Crippen LogP contribution >= 0.6 is 0 Å². The molecule has 2 aliphatic rings. The highest BCUT2D eigenvalue weighted by molar-refractivity contribution is 5.82. The van der Waals surface area contributed by atoms with Gasteiger partial charge in [-0.1, -0.05) is 12.1 Å². The number of piperidine rings is 1. The Balaban J connectivity index is 1.70. The molecule has 2 unspecified atom stereocenters. The molecule has 4 heteroatoms. The number of nitrogens with zero attached hydrogens (tertiary/aromatic N) is 1. The molecule has 3 rings (SSSR count). The molecular formula is C14H17FN2O. The zero-order valence-electron chi connectivity index (χ0n) is 10.2. The molecule has 18 heavy (non-hydrogen) atoms. The number of benzene rings is 1. The topological polar surface area (TPSA) is 32.3 Å². The third-order valence-electron chi connectivity index (χ3n) is 3.92. The number of halogens is 1. The van der Waals surface area contributed by atoms with E-state index in [4.69, 9.17) is 0 Å². The molecule has 1 amide bonds. The van der Waals surface area contributed by atoms with Crippen molar-refractivity contribution < 1.29 is 9.18 Å². The summed E-state index contributed by atoms with van der Waals surface area (Å²) in [6.07, 6.45) is 2.08. The van der Waals surface area contributed by atoms with Gasteiger partial charge in [0, 0.05) is 19.1 Å². The van der Waals surface area contributed by atoms with Crippen molar-refractivity contribution in [2.45, 2.75) is 25.4 Å². The average molecular weight is 248 g/mol. The minimum atomic E-state index is -0.234. The van der Waals surface area contributed by atoms with Crippen LogP contribution in [0.5, 0.6) is 0 Å². The molecule has 3 nitrogen and oxygen atoms in total. The van der Waals surface area contributed by atoms with Crippen LogP contribution in [-0.2, 0) is 11.3 Å². The largest absolute Gasteiger partial charge is 0.336 e. The van der Waals surface area contributed by atoms with Crippen molar-refractivity contribution in [1.82, 2.24) is 10.2 Å². The molecule has 0 aromatic heterocycles. The van der Waals surface area contributed by atoms with Gasteiger partial charge in [-0.05, 0) is 37.1 Å². The number of fused-ring (bicyclic) bond motifs is 1. The Hall–Kier alpha value is -1.42. The van der Waals surface area contributed by atoms with Crippen molar-refractivity contribution in [3.63, 3.8) is 0 Å². The highest BCUT2D eigenvalue weighted by Gasteiger charge is 2.40. The Bertz CT molecular complexity index is 446. The number of hydrogen-bond donors (Lipinski definition) is 1. The zero-order valence-corrected chi connectivity index (χ0v) is 10.2. The fourth-order valence-electron chi connectivity index (χ4n) is 2.95. The number of nitrogens with one attached hydrogen (secondary N) is 1. The van der Waals surface area contributed by atoms with Gasteiger partial charge in [0.15, 0.2) is 0 Å². The molecule has 2 atom stereocenters. The van der Waals surface area contributed by atoms with E-state index in [1.807, 2.05) is 4.90 Å². The SMILES string of the molecule is O=C1C2CCCNC2CN1Cc1ccc(F)cc1. The van der Waals surface area contributed by atoms with Crippen LogP contribution in [0.3, 0.4) is 0 Å². The van der Waals surface area contributed by atoms with Crippen molar-refractivity contribution in [2.24, 2.45) is 5.92 Å². The predicted molar refractivity (Wildman–Crippen MR) is 66.3 cm³/mol. The summed E-state index contributed by atoms with van der Waals surface area (Å²) in [4.78, 5) is 14.1. The molecule has 2 aliphatic heterocycles. The molecule has 0 bridgehead atoms. The number of amides is 1. The van der Waals surface area contributed by atoms with Crippen LogP contribution in [0.2, 0.25) is 0 Å². The highest BCUT2D eigenvalue weighted by Crippen LogP contribution is 2.27. The van der Waals surface area contributed by atoms with Crippen LogP contribution < -0.4 is 5.32 Å². The molecule has 2 heterocycles. The van der Waals surface area contributed by atoms with Crippen LogP contribution in [0.25, 0.3) is 0 Å². The van der Waals surface area contributed by atoms with E-state index in [1.54, 1.807) is 12.1 Å². The molecule has 2 saturated heterocycles. The maximum absolute atomic E-state index is 12.8. The number of carbonyl (C=O) groups excluding carboxylic acids is 1. The van der Waals surface area contributed by atoms with Crippen molar-refractivity contribution in [3.05, 3.63) is 35.6 Å². The quantitative estimate of drug-likeness (QED) is 0.861. The van der Waals surface area contributed by atoms with Gasteiger partial charge in [-0.3, -0.25) is 4.79 Å². The van der Waals surface area contributed by atoms with Crippen LogP contribution in [0.1, 0.15) is 18.4 Å². The van der Waals surface area contributed by atoms with Gasteiger partial charge in [0.1, 0.15) is 5.82 Å². The van der Waals surface area contributed by atoms with Gasteiger partial charge in [0.2, 0.25) is 5.91 Å². The van der Waals surface area contributed by atoms with Crippen LogP contribution in [0.15, 0.2) is 24.3 Å². The molecule has 0 spiro atoms. The lowest BCUT2D eigenvalue weighted by Gasteiger charge is -2.23. The molecule has 2 fully saturated rings. The second kappa shape index (κ2) is 4.69. The molecule has 0 saturated carbocycles. The van der Waals surface area contributed by atoms with E-state index in [0.29, 0.717) is 12.6 Å². The first-order valence-corrected chi connectivity index (χ1v) is 6.50. The summed E-state index contributed by atoms with van der Waals surface area (Å²) in [6.45, 7) is 2.38. The van der Waals surface area contributed by atoms with E-state index in [2.05, 4.69) is 5.32 Å². The van der Waals surface area contributed by atoms with Crippen molar-refractivity contribution >= 4 is 5.91 Å². The van der Waals surface area contributed by atoms with E-state index in [9.17, 15) is 9.18 Å². The summed E-state index contributed by atoms with van der Waals surface area (Å²) < 4.78 is 12.8. The number of hydrogen-bond acceptors (Lipinski definition) is 2. The van der Waals surface area contributed by atoms with Crippen molar-refractivity contribution in [2.75, 3.05) is 13.1 Å². The third-order valence-corrected chi connectivity index (χ3v) is 3.92. The molecule has 1 aromatic rings. The standard InChI is InChI=1S/C14H17FN2O/c15-11-5-3-10(4-6-11)8-17-9-13-12(14(17)18)2-1-7-16-13/h3-6,12-13,16H,1-2,7-9H2. The Labute approximate surface area is 106 Å². The monoisotopic (exact) mass is 248 g/mol. The predicted octanol–water partition coefficient (Wildman–Crippen LogP) is 1.54. The van der Waals surface area contributed by atoms with Crippen molar-refractivity contribution in [1.29, 1.82) is 0 Å². The summed E-state index contributed by atoms with van der Waals surface area (Å²) in [5, 5.41) is 3.41. The Morgan fingerprint density at radius 3 is 2.83 bits per heavy atom. The maximum Gasteiger partial charge on any atom is 0.227 e. The Kier molecular flexibility index (Phi) is 3.04. The van der Waals surface area contributed by atoms with E-state index in [-0.39, 0.29) is 17.6 Å². The van der Waals surface area contributed by atoms with Crippen LogP contribution in [0.4, 0.5) is 4.39 Å². The summed E-state index contributed by atoms with van der Waals surface area (Å²) in [5.41, 5.74) is 0.989. The normalized spacial score (nSPS) is 27.4. The van der Waals surface area contributed by atoms with Gasteiger partial charge in [-0.2, -0.15) is 0 Å². The highest BCUT2D eigenvalue weighted by atomic mass is 19.1. The summed E-state index contributed by atoms with van der Waals surface area (Å²) in [5.74, 6) is 0.164. The first-order valence-electron chi connectivity index (χ1n) is 6.50. The third kappa shape index (κ3) is 2.12. The van der Waals surface area contributed by atoms with Crippen LogP contribution in [-0.4, -0.2) is 29.9 Å². The fourth-order valence-corrected chi connectivity index (χ4v) is 2.95. The minimum Gasteiger partial charge on any atom is -0.336 e. The molecule has 96 valence electrons. The summed E-state index contributed by atoms with van der Waals surface area (Å²) >= 11 is 0. The first-order chi connectivity index (χ1) is 8.74. The summed E-state index contributed by atoms with van der Waals surface area (Å²) in [7, 11) is 0. The zero-order chi connectivity index (χ0) is 12.5. The first kappa shape index (κ1) is 11.7. The molecular weight excluding hydrogens is 231 g/mol. The second-order valence-electron chi connectivity index (χ2n) is 5.15. The van der Waals surface area contributed by atoms with E-state index >= 15 is 0 Å². The number of rotatable bonds is 2. The second-order valence-corrected chi connectivity index (χ2v) is 5.15. The van der Waals surface area contributed by atoms with E-state index < -0.39 is 0 Å². The van der Waals surface area contributed by atoms with Gasteiger partial charge >= 0.3 is 0 Å². The lowest BCUT2D eigenvalue weighted by molar-refractivity contribution is -0.131. The lowest BCUT2D eigenvalue weighted by atomic mass is 9.94. The Morgan fingerprint density at radius 1 is 1.33 bits per heavy atom. The van der Waals surface area contributed by atoms with E-state index in [1.165, 1.54) is 12.1 Å². The van der Waals surface area contributed by atoms with Gasteiger partial charge in [0.25, 0.3) is 0 Å². The fraction of sp³-hybridized carbons (Fsp3) is 0.500. The molecule has 0 aliphatic carbocycles. The molecule has 0 radical (unpaired) electrons. The molecule has 1 N–H and O–H groups in total. The number of likely N-dealkylation sites (tertiary alicyclic amines) is 1.